The predicted molar refractivity (Wildman–Crippen MR) is 123 cm³/mol. The number of methoxy groups -OCH3 is 1. The number of amides is 1. The first-order valence-electron chi connectivity index (χ1n) is 9.90. The van der Waals surface area contributed by atoms with Crippen LogP contribution in [-0.4, -0.2) is 35.8 Å². The first-order chi connectivity index (χ1) is 16.6. The third kappa shape index (κ3) is 4.80. The Morgan fingerprint density at radius 1 is 1.03 bits per heavy atom. The Morgan fingerprint density at radius 2 is 1.80 bits per heavy atom. The number of hydrogen-bond acceptors (Lipinski definition) is 7. The molecule has 0 spiro atoms. The molecular formula is C22H17F2N5O5S. The minimum absolute atomic E-state index is 0.0187. The fraction of sp³-hybridized carbons (Fsp3) is 0.0909. The lowest BCUT2D eigenvalue weighted by Crippen LogP contribution is -2.21. The molecule has 1 amide bonds. The Morgan fingerprint density at radius 3 is 2.49 bits per heavy atom. The van der Waals surface area contributed by atoms with E-state index in [4.69, 9.17) is 4.74 Å². The molecular weight excluding hydrogens is 484 g/mol. The number of ether oxygens (including phenoxy) is 1. The molecule has 0 radical (unpaired) electrons. The van der Waals surface area contributed by atoms with Crippen molar-refractivity contribution in [1.29, 1.82) is 0 Å². The standard InChI is InChI=1S/C22H17F2N5O5S/c1-12(30)27-18-10-25-20-6-3-13(11-29(20)22(18)31)14-7-17(21(34-2)26-9-14)28-35(32,33)19-5-4-15(23)8-16(19)24/h3-11,28H,1-2H3,(H,27,30). The highest BCUT2D eigenvalue weighted by atomic mass is 32.2. The van der Waals surface area contributed by atoms with E-state index < -0.39 is 38.0 Å². The highest BCUT2D eigenvalue weighted by molar-refractivity contribution is 7.92. The fourth-order valence-corrected chi connectivity index (χ4v) is 4.37. The summed E-state index contributed by atoms with van der Waals surface area (Å²) in [6.45, 7) is 1.26. The quantitative estimate of drug-likeness (QED) is 0.415. The molecule has 0 fully saturated rings. The number of nitrogens with one attached hydrogen (secondary N) is 2. The number of aromatic nitrogens is 3. The molecule has 0 atom stereocenters. The molecule has 3 heterocycles. The van der Waals surface area contributed by atoms with Gasteiger partial charge in [0.2, 0.25) is 11.8 Å². The van der Waals surface area contributed by atoms with Crippen LogP contribution in [0.5, 0.6) is 5.88 Å². The van der Waals surface area contributed by atoms with E-state index in [0.717, 1.165) is 12.1 Å². The zero-order chi connectivity index (χ0) is 25.3. The monoisotopic (exact) mass is 501 g/mol. The third-order valence-corrected chi connectivity index (χ3v) is 6.22. The summed E-state index contributed by atoms with van der Waals surface area (Å²) in [7, 11) is -3.20. The van der Waals surface area contributed by atoms with Gasteiger partial charge in [-0.1, -0.05) is 0 Å². The highest BCUT2D eigenvalue weighted by Gasteiger charge is 2.22. The minimum Gasteiger partial charge on any atom is -0.480 e. The van der Waals surface area contributed by atoms with Crippen LogP contribution in [0.4, 0.5) is 20.2 Å². The second-order valence-corrected chi connectivity index (χ2v) is 8.92. The van der Waals surface area contributed by atoms with Crippen LogP contribution in [0, 0.1) is 11.6 Å². The lowest BCUT2D eigenvalue weighted by atomic mass is 10.1. The van der Waals surface area contributed by atoms with Gasteiger partial charge in [0.05, 0.1) is 13.3 Å². The maximum atomic E-state index is 14.1. The van der Waals surface area contributed by atoms with Crippen LogP contribution < -0.4 is 20.3 Å². The summed E-state index contributed by atoms with van der Waals surface area (Å²) >= 11 is 0. The molecule has 0 aliphatic heterocycles. The molecule has 0 saturated heterocycles. The van der Waals surface area contributed by atoms with Crippen LogP contribution in [0.25, 0.3) is 16.8 Å². The van der Waals surface area contributed by atoms with Crippen LogP contribution in [0.15, 0.2) is 64.7 Å². The van der Waals surface area contributed by atoms with Gasteiger partial charge in [0.15, 0.2) is 0 Å². The zero-order valence-corrected chi connectivity index (χ0v) is 19.1. The number of carbonyl (C=O) groups excluding carboxylic acids is 1. The molecule has 4 aromatic rings. The van der Waals surface area contributed by atoms with E-state index in [1.807, 2.05) is 0 Å². The summed E-state index contributed by atoms with van der Waals surface area (Å²) in [5, 5.41) is 2.40. The molecule has 0 aliphatic rings. The van der Waals surface area contributed by atoms with Gasteiger partial charge in [-0.05, 0) is 30.3 Å². The normalized spacial score (nSPS) is 11.3. The van der Waals surface area contributed by atoms with Gasteiger partial charge in [-0.15, -0.1) is 0 Å². The fourth-order valence-electron chi connectivity index (χ4n) is 3.26. The zero-order valence-electron chi connectivity index (χ0n) is 18.2. The number of rotatable bonds is 6. The number of anilines is 2. The van der Waals surface area contributed by atoms with E-state index in [1.165, 1.54) is 43.1 Å². The predicted octanol–water partition coefficient (Wildman–Crippen LogP) is 2.80. The molecule has 0 saturated carbocycles. The van der Waals surface area contributed by atoms with Crippen molar-refractivity contribution in [3.63, 3.8) is 0 Å². The first-order valence-corrected chi connectivity index (χ1v) is 11.4. The Hall–Kier alpha value is -4.39. The third-order valence-electron chi connectivity index (χ3n) is 4.82. The molecule has 13 heteroatoms. The average molecular weight is 501 g/mol. The summed E-state index contributed by atoms with van der Waals surface area (Å²) in [4.78, 5) is 31.5. The van der Waals surface area contributed by atoms with Crippen LogP contribution in [0.2, 0.25) is 0 Å². The Kier molecular flexibility index (Phi) is 6.18. The SMILES string of the molecule is COc1ncc(-c2ccc3ncc(NC(C)=O)c(=O)n3c2)cc1NS(=O)(=O)c1ccc(F)cc1F. The van der Waals surface area contributed by atoms with Gasteiger partial charge in [0.25, 0.3) is 15.6 Å². The molecule has 2 N–H and O–H groups in total. The smallest absolute Gasteiger partial charge is 0.281 e. The van der Waals surface area contributed by atoms with Gasteiger partial charge in [-0.2, -0.15) is 0 Å². The molecule has 180 valence electrons. The summed E-state index contributed by atoms with van der Waals surface area (Å²) in [6.07, 6.45) is 4.07. The maximum absolute atomic E-state index is 14.1. The highest BCUT2D eigenvalue weighted by Crippen LogP contribution is 2.30. The van der Waals surface area contributed by atoms with Crippen molar-refractivity contribution in [2.75, 3.05) is 17.1 Å². The molecule has 0 bridgehead atoms. The van der Waals surface area contributed by atoms with Gasteiger partial charge in [-0.25, -0.2) is 27.2 Å². The largest absolute Gasteiger partial charge is 0.480 e. The van der Waals surface area contributed by atoms with E-state index in [9.17, 15) is 26.8 Å². The number of halogens is 2. The summed E-state index contributed by atoms with van der Waals surface area (Å²) in [5.74, 6) is -2.73. The first kappa shape index (κ1) is 23.8. The van der Waals surface area contributed by atoms with Crippen LogP contribution in [0.1, 0.15) is 6.92 Å². The van der Waals surface area contributed by atoms with Crippen molar-refractivity contribution in [1.82, 2.24) is 14.4 Å². The Labute approximate surface area is 197 Å². The lowest BCUT2D eigenvalue weighted by molar-refractivity contribution is -0.114. The van der Waals surface area contributed by atoms with Crippen molar-refractivity contribution in [3.8, 4) is 17.0 Å². The number of hydrogen-bond donors (Lipinski definition) is 2. The second-order valence-electron chi connectivity index (χ2n) is 7.27. The second kappa shape index (κ2) is 9.10. The Bertz CT molecular complexity index is 1640. The van der Waals surface area contributed by atoms with Crippen molar-refractivity contribution >= 4 is 33.0 Å². The van der Waals surface area contributed by atoms with Crippen LogP contribution >= 0.6 is 0 Å². The van der Waals surface area contributed by atoms with E-state index in [-0.39, 0.29) is 17.3 Å². The van der Waals surface area contributed by atoms with Gasteiger partial charge >= 0.3 is 0 Å². The summed E-state index contributed by atoms with van der Waals surface area (Å²) in [5.41, 5.74) is 0.469. The summed E-state index contributed by atoms with van der Waals surface area (Å²) in [6, 6.07) is 6.63. The number of carbonyl (C=O) groups is 1. The number of sulfonamides is 1. The lowest BCUT2D eigenvalue weighted by Gasteiger charge is -2.13. The molecule has 0 unspecified atom stereocenters. The van der Waals surface area contributed by atoms with E-state index in [2.05, 4.69) is 20.0 Å². The van der Waals surface area contributed by atoms with Crippen molar-refractivity contribution in [3.05, 3.63) is 77.0 Å². The van der Waals surface area contributed by atoms with Crippen LogP contribution in [0.3, 0.4) is 0 Å². The summed E-state index contributed by atoms with van der Waals surface area (Å²) < 4.78 is 61.3. The van der Waals surface area contributed by atoms with Gasteiger partial charge < -0.3 is 10.1 Å². The van der Waals surface area contributed by atoms with Crippen molar-refractivity contribution in [2.45, 2.75) is 11.8 Å². The van der Waals surface area contributed by atoms with Gasteiger partial charge in [0, 0.05) is 36.5 Å². The molecule has 0 aliphatic carbocycles. The number of fused-ring (bicyclic) bond motifs is 1. The maximum Gasteiger partial charge on any atom is 0.281 e. The van der Waals surface area contributed by atoms with Crippen molar-refractivity contribution < 1.29 is 26.7 Å². The topological polar surface area (TPSA) is 132 Å². The molecule has 1 aromatic carbocycles. The van der Waals surface area contributed by atoms with Crippen LogP contribution in [-0.2, 0) is 14.8 Å². The minimum atomic E-state index is -4.47. The van der Waals surface area contributed by atoms with E-state index in [0.29, 0.717) is 22.8 Å². The molecule has 4 rings (SSSR count). The van der Waals surface area contributed by atoms with E-state index in [1.54, 1.807) is 12.1 Å². The van der Waals surface area contributed by atoms with Gasteiger partial charge in [-0.3, -0.25) is 18.7 Å². The Balaban J connectivity index is 1.77. The van der Waals surface area contributed by atoms with Crippen molar-refractivity contribution in [2.24, 2.45) is 0 Å². The molecule has 35 heavy (non-hydrogen) atoms. The number of pyridine rings is 2. The molecule has 3 aromatic heterocycles. The van der Waals surface area contributed by atoms with E-state index >= 15 is 0 Å². The average Bonchev–Trinajstić information content (AvgIpc) is 2.80. The molecule has 10 nitrogen and oxygen atoms in total. The number of benzene rings is 1. The number of nitrogens with zero attached hydrogens (tertiary/aromatic N) is 3. The van der Waals surface area contributed by atoms with Gasteiger partial charge in [0.1, 0.15) is 33.6 Å².